The maximum Gasteiger partial charge on any atom is 0.318 e. The SMILES string of the molecule is CCOC(=O)[C@H](C(C)=O)[C@@H](NC(C)=O)c1cccc(OC)c1. The van der Waals surface area contributed by atoms with Crippen molar-refractivity contribution >= 4 is 17.7 Å². The van der Waals surface area contributed by atoms with E-state index in [0.717, 1.165) is 0 Å². The van der Waals surface area contributed by atoms with Crippen LogP contribution in [0.3, 0.4) is 0 Å². The highest BCUT2D eigenvalue weighted by Crippen LogP contribution is 2.27. The quantitative estimate of drug-likeness (QED) is 0.612. The standard InChI is InChI=1S/C16H21NO5/c1-5-22-16(20)14(10(2)18)15(17-11(3)19)12-7-6-8-13(9-12)21-4/h6-9,14-15H,5H2,1-4H3,(H,17,19)/t14-,15+/m1/s1. The van der Waals surface area contributed by atoms with E-state index in [4.69, 9.17) is 9.47 Å². The van der Waals surface area contributed by atoms with Crippen LogP contribution in [0.25, 0.3) is 0 Å². The average molecular weight is 307 g/mol. The maximum absolute atomic E-state index is 12.1. The molecular formula is C16H21NO5. The van der Waals surface area contributed by atoms with Crippen LogP contribution in [0.2, 0.25) is 0 Å². The Morgan fingerprint density at radius 2 is 1.91 bits per heavy atom. The summed E-state index contributed by atoms with van der Waals surface area (Å²) in [4.78, 5) is 35.5. The molecule has 0 fully saturated rings. The smallest absolute Gasteiger partial charge is 0.318 e. The molecule has 6 heteroatoms. The summed E-state index contributed by atoms with van der Waals surface area (Å²) in [5.74, 6) is -1.91. The molecule has 0 radical (unpaired) electrons. The normalized spacial score (nSPS) is 12.9. The predicted octanol–water partition coefficient (Wildman–Crippen LogP) is 1.64. The van der Waals surface area contributed by atoms with E-state index in [0.29, 0.717) is 11.3 Å². The molecular weight excluding hydrogens is 286 g/mol. The summed E-state index contributed by atoms with van der Waals surface area (Å²) in [6.45, 7) is 4.45. The van der Waals surface area contributed by atoms with Gasteiger partial charge in [0.15, 0.2) is 0 Å². The fraction of sp³-hybridized carbons (Fsp3) is 0.438. The lowest BCUT2D eigenvalue weighted by atomic mass is 9.89. The van der Waals surface area contributed by atoms with Gasteiger partial charge in [0.25, 0.3) is 0 Å². The largest absolute Gasteiger partial charge is 0.497 e. The molecule has 1 aromatic carbocycles. The van der Waals surface area contributed by atoms with Gasteiger partial charge >= 0.3 is 5.97 Å². The number of Topliss-reactive ketones (excluding diaryl/α,β-unsaturated/α-hetero) is 1. The van der Waals surface area contributed by atoms with Gasteiger partial charge in [-0.1, -0.05) is 12.1 Å². The van der Waals surface area contributed by atoms with Crippen LogP contribution in [0.15, 0.2) is 24.3 Å². The minimum absolute atomic E-state index is 0.160. The molecule has 0 saturated carbocycles. The Bertz CT molecular complexity index is 555. The van der Waals surface area contributed by atoms with Crippen molar-refractivity contribution in [1.29, 1.82) is 0 Å². The Morgan fingerprint density at radius 1 is 1.23 bits per heavy atom. The molecule has 6 nitrogen and oxygen atoms in total. The Kier molecular flexibility index (Phi) is 6.56. The molecule has 1 aromatic rings. The summed E-state index contributed by atoms with van der Waals surface area (Å²) in [7, 11) is 1.51. The van der Waals surface area contributed by atoms with Gasteiger partial charge in [0.05, 0.1) is 19.8 Å². The van der Waals surface area contributed by atoms with Gasteiger partial charge in [-0.15, -0.1) is 0 Å². The molecule has 1 rings (SSSR count). The number of hydrogen-bond acceptors (Lipinski definition) is 5. The fourth-order valence-electron chi connectivity index (χ4n) is 2.18. The maximum atomic E-state index is 12.1. The molecule has 0 heterocycles. The molecule has 0 aliphatic rings. The monoisotopic (exact) mass is 307 g/mol. The highest BCUT2D eigenvalue weighted by molar-refractivity contribution is 5.99. The molecule has 1 N–H and O–H groups in total. The molecule has 0 spiro atoms. The van der Waals surface area contributed by atoms with Crippen LogP contribution >= 0.6 is 0 Å². The number of esters is 1. The van der Waals surface area contributed by atoms with E-state index in [1.807, 2.05) is 0 Å². The predicted molar refractivity (Wildman–Crippen MR) is 80.4 cm³/mol. The van der Waals surface area contributed by atoms with E-state index in [2.05, 4.69) is 5.32 Å². The molecule has 22 heavy (non-hydrogen) atoms. The molecule has 0 saturated heterocycles. The lowest BCUT2D eigenvalue weighted by Gasteiger charge is -2.25. The number of ether oxygens (including phenoxy) is 2. The number of hydrogen-bond donors (Lipinski definition) is 1. The van der Waals surface area contributed by atoms with Gasteiger partial charge in [0, 0.05) is 6.92 Å². The van der Waals surface area contributed by atoms with E-state index in [9.17, 15) is 14.4 Å². The summed E-state index contributed by atoms with van der Waals surface area (Å²) >= 11 is 0. The van der Waals surface area contributed by atoms with Crippen LogP contribution in [0.4, 0.5) is 0 Å². The summed E-state index contributed by atoms with van der Waals surface area (Å²) < 4.78 is 10.1. The first-order chi connectivity index (χ1) is 10.4. The summed E-state index contributed by atoms with van der Waals surface area (Å²) in [5, 5.41) is 2.65. The molecule has 0 aromatic heterocycles. The molecule has 0 unspecified atom stereocenters. The zero-order chi connectivity index (χ0) is 16.7. The zero-order valence-corrected chi connectivity index (χ0v) is 13.2. The topological polar surface area (TPSA) is 81.7 Å². The van der Waals surface area contributed by atoms with Crippen molar-refractivity contribution in [2.24, 2.45) is 5.92 Å². The van der Waals surface area contributed by atoms with Gasteiger partial charge < -0.3 is 14.8 Å². The minimum atomic E-state index is -1.10. The van der Waals surface area contributed by atoms with E-state index in [-0.39, 0.29) is 18.3 Å². The van der Waals surface area contributed by atoms with E-state index < -0.39 is 17.9 Å². The number of methoxy groups -OCH3 is 1. The van der Waals surface area contributed by atoms with Gasteiger partial charge in [-0.3, -0.25) is 14.4 Å². The number of carbonyl (C=O) groups excluding carboxylic acids is 3. The van der Waals surface area contributed by atoms with Crippen molar-refractivity contribution in [2.75, 3.05) is 13.7 Å². The van der Waals surface area contributed by atoms with E-state index >= 15 is 0 Å². The number of amides is 1. The second-order valence-corrected chi connectivity index (χ2v) is 4.80. The van der Waals surface area contributed by atoms with Crippen LogP contribution in [0.5, 0.6) is 5.75 Å². The zero-order valence-electron chi connectivity index (χ0n) is 13.2. The molecule has 0 aliphatic carbocycles. The molecule has 1 amide bonds. The highest BCUT2D eigenvalue weighted by atomic mass is 16.5. The van der Waals surface area contributed by atoms with Gasteiger partial charge in [-0.25, -0.2) is 0 Å². The third-order valence-electron chi connectivity index (χ3n) is 3.12. The van der Waals surface area contributed by atoms with Crippen LogP contribution in [-0.4, -0.2) is 31.4 Å². The van der Waals surface area contributed by atoms with Gasteiger partial charge in [0.2, 0.25) is 5.91 Å². The molecule has 120 valence electrons. The van der Waals surface area contributed by atoms with E-state index in [1.54, 1.807) is 31.2 Å². The number of nitrogens with one attached hydrogen (secondary N) is 1. The van der Waals surface area contributed by atoms with Crippen molar-refractivity contribution in [3.63, 3.8) is 0 Å². The first-order valence-corrected chi connectivity index (χ1v) is 6.98. The highest BCUT2D eigenvalue weighted by Gasteiger charge is 2.35. The van der Waals surface area contributed by atoms with Crippen molar-refractivity contribution in [3.05, 3.63) is 29.8 Å². The average Bonchev–Trinajstić information content (AvgIpc) is 2.46. The lowest BCUT2D eigenvalue weighted by Crippen LogP contribution is -2.40. The Labute approximate surface area is 129 Å². The van der Waals surface area contributed by atoms with Gasteiger partial charge in [-0.05, 0) is 31.5 Å². The van der Waals surface area contributed by atoms with Crippen molar-refractivity contribution in [2.45, 2.75) is 26.8 Å². The lowest BCUT2D eigenvalue weighted by molar-refractivity contribution is -0.152. The number of rotatable bonds is 7. The molecule has 0 aliphatic heterocycles. The van der Waals surface area contributed by atoms with Gasteiger partial charge in [0.1, 0.15) is 17.5 Å². The van der Waals surface area contributed by atoms with Crippen LogP contribution in [-0.2, 0) is 19.1 Å². The van der Waals surface area contributed by atoms with Crippen molar-refractivity contribution in [1.82, 2.24) is 5.32 Å². The third-order valence-corrected chi connectivity index (χ3v) is 3.12. The second kappa shape index (κ2) is 8.17. The summed E-state index contributed by atoms with van der Waals surface area (Å²) in [5.41, 5.74) is 0.600. The Balaban J connectivity index is 3.26. The van der Waals surface area contributed by atoms with Crippen LogP contribution < -0.4 is 10.1 Å². The summed E-state index contributed by atoms with van der Waals surface area (Å²) in [6.07, 6.45) is 0. The number of ketones is 1. The first kappa shape index (κ1) is 17.7. The third kappa shape index (κ3) is 4.58. The number of carbonyl (C=O) groups is 3. The Morgan fingerprint density at radius 3 is 2.41 bits per heavy atom. The van der Waals surface area contributed by atoms with Crippen LogP contribution in [0.1, 0.15) is 32.4 Å². The summed E-state index contributed by atoms with van der Waals surface area (Å²) in [6, 6.07) is 6.06. The van der Waals surface area contributed by atoms with Gasteiger partial charge in [-0.2, -0.15) is 0 Å². The molecule has 2 atom stereocenters. The van der Waals surface area contributed by atoms with Crippen molar-refractivity contribution < 1.29 is 23.9 Å². The van der Waals surface area contributed by atoms with Crippen LogP contribution in [0, 0.1) is 5.92 Å². The van der Waals surface area contributed by atoms with Crippen molar-refractivity contribution in [3.8, 4) is 5.75 Å². The van der Waals surface area contributed by atoms with E-state index in [1.165, 1.54) is 21.0 Å². The second-order valence-electron chi connectivity index (χ2n) is 4.80. The number of benzene rings is 1. The first-order valence-electron chi connectivity index (χ1n) is 6.98. The molecule has 0 bridgehead atoms. The Hall–Kier alpha value is -2.37. The minimum Gasteiger partial charge on any atom is -0.497 e. The fourth-order valence-corrected chi connectivity index (χ4v) is 2.18.